The van der Waals surface area contributed by atoms with Crippen LogP contribution in [0.1, 0.15) is 42.1 Å². The number of aliphatic hydroxyl groups excluding tert-OH is 1. The number of benzene rings is 1. The van der Waals surface area contributed by atoms with E-state index in [0.29, 0.717) is 12.0 Å². The number of hydrogen-bond acceptors (Lipinski definition) is 2. The fraction of sp³-hybridized carbons (Fsp3) is 0.438. The highest BCUT2D eigenvalue weighted by molar-refractivity contribution is 5.96. The summed E-state index contributed by atoms with van der Waals surface area (Å²) >= 11 is 0. The van der Waals surface area contributed by atoms with Crippen LogP contribution in [0.2, 0.25) is 0 Å². The predicted molar refractivity (Wildman–Crippen MR) is 76.9 cm³/mol. The summed E-state index contributed by atoms with van der Waals surface area (Å²) in [6.45, 7) is 2.90. The van der Waals surface area contributed by atoms with E-state index < -0.39 is 0 Å². The van der Waals surface area contributed by atoms with Crippen molar-refractivity contribution < 1.29 is 9.90 Å². The van der Waals surface area contributed by atoms with E-state index in [-0.39, 0.29) is 12.5 Å². The summed E-state index contributed by atoms with van der Waals surface area (Å²) in [5, 5.41) is 8.73. The van der Waals surface area contributed by atoms with Crippen LogP contribution in [-0.4, -0.2) is 36.1 Å². The molecule has 0 radical (unpaired) electrons. The lowest BCUT2D eigenvalue weighted by Gasteiger charge is -2.17. The fourth-order valence-corrected chi connectivity index (χ4v) is 1.69. The Labute approximate surface area is 115 Å². The summed E-state index contributed by atoms with van der Waals surface area (Å²) in [6.07, 6.45) is 2.49. The van der Waals surface area contributed by atoms with Crippen LogP contribution >= 0.6 is 0 Å². The largest absolute Gasteiger partial charge is 0.395 e. The van der Waals surface area contributed by atoms with E-state index in [1.807, 2.05) is 25.2 Å². The van der Waals surface area contributed by atoms with Crippen molar-refractivity contribution in [2.24, 2.45) is 0 Å². The molecular formula is C16H21NO2. The second-order valence-corrected chi connectivity index (χ2v) is 4.40. The lowest BCUT2D eigenvalue weighted by atomic mass is 10.1. The first-order valence-corrected chi connectivity index (χ1v) is 6.65. The van der Waals surface area contributed by atoms with Gasteiger partial charge >= 0.3 is 0 Å². The first-order chi connectivity index (χ1) is 9.20. The number of amides is 1. The molecule has 1 N–H and O–H groups in total. The third-order valence-corrected chi connectivity index (χ3v) is 2.81. The standard InChI is InChI=1S/C16H21NO2/c1-3-4-12-17(2)16(19)15-11-6-5-9-14(15)10-7-8-13-18/h5-6,9,11,18H,3-4,8,12-13H2,1-2H3. The second kappa shape index (κ2) is 8.34. The van der Waals surface area contributed by atoms with Crippen LogP contribution in [0.25, 0.3) is 0 Å². The molecule has 0 saturated heterocycles. The Kier molecular flexibility index (Phi) is 6.70. The van der Waals surface area contributed by atoms with E-state index >= 15 is 0 Å². The maximum atomic E-state index is 12.3. The zero-order chi connectivity index (χ0) is 14.1. The first kappa shape index (κ1) is 15.3. The molecule has 0 bridgehead atoms. The minimum atomic E-state index is 0.00217. The minimum absolute atomic E-state index is 0.00217. The SMILES string of the molecule is CCCCN(C)C(=O)c1ccccc1C#CCCO. The quantitative estimate of drug-likeness (QED) is 0.824. The zero-order valence-electron chi connectivity index (χ0n) is 11.6. The van der Waals surface area contributed by atoms with Gasteiger partial charge in [-0.1, -0.05) is 37.3 Å². The molecule has 3 heteroatoms. The molecule has 0 aliphatic rings. The van der Waals surface area contributed by atoms with Gasteiger partial charge in [-0.15, -0.1) is 0 Å². The van der Waals surface area contributed by atoms with Gasteiger partial charge in [-0.3, -0.25) is 4.79 Å². The normalized spacial score (nSPS) is 9.63. The average molecular weight is 259 g/mol. The Morgan fingerprint density at radius 1 is 1.37 bits per heavy atom. The highest BCUT2D eigenvalue weighted by atomic mass is 16.2. The third-order valence-electron chi connectivity index (χ3n) is 2.81. The lowest BCUT2D eigenvalue weighted by Crippen LogP contribution is -2.28. The molecule has 0 aliphatic heterocycles. The highest BCUT2D eigenvalue weighted by Crippen LogP contribution is 2.10. The summed E-state index contributed by atoms with van der Waals surface area (Å²) in [7, 11) is 1.82. The molecule has 0 unspecified atom stereocenters. The van der Waals surface area contributed by atoms with Crippen LogP contribution in [0.3, 0.4) is 0 Å². The van der Waals surface area contributed by atoms with Gasteiger partial charge in [-0.2, -0.15) is 0 Å². The van der Waals surface area contributed by atoms with E-state index in [9.17, 15) is 4.79 Å². The Hall–Kier alpha value is -1.79. The molecule has 19 heavy (non-hydrogen) atoms. The smallest absolute Gasteiger partial charge is 0.254 e. The van der Waals surface area contributed by atoms with E-state index in [1.165, 1.54) is 0 Å². The predicted octanol–water partition coefficient (Wildman–Crippen LogP) is 2.29. The van der Waals surface area contributed by atoms with Gasteiger partial charge in [0.2, 0.25) is 0 Å². The minimum Gasteiger partial charge on any atom is -0.395 e. The van der Waals surface area contributed by atoms with Crippen molar-refractivity contribution in [2.75, 3.05) is 20.2 Å². The Morgan fingerprint density at radius 2 is 2.11 bits per heavy atom. The van der Waals surface area contributed by atoms with Gasteiger partial charge in [0.25, 0.3) is 5.91 Å². The Morgan fingerprint density at radius 3 is 2.79 bits per heavy atom. The molecule has 0 aromatic heterocycles. The van der Waals surface area contributed by atoms with Gasteiger partial charge in [0.1, 0.15) is 0 Å². The number of hydrogen-bond donors (Lipinski definition) is 1. The number of unbranched alkanes of at least 4 members (excludes halogenated alkanes) is 1. The van der Waals surface area contributed by atoms with Crippen LogP contribution in [0.5, 0.6) is 0 Å². The van der Waals surface area contributed by atoms with Crippen molar-refractivity contribution in [3.05, 3.63) is 35.4 Å². The van der Waals surface area contributed by atoms with E-state index in [4.69, 9.17) is 5.11 Å². The van der Waals surface area contributed by atoms with Gasteiger partial charge < -0.3 is 10.0 Å². The van der Waals surface area contributed by atoms with Crippen molar-refractivity contribution in [1.29, 1.82) is 0 Å². The van der Waals surface area contributed by atoms with Gasteiger partial charge in [0.15, 0.2) is 0 Å². The van der Waals surface area contributed by atoms with Crippen molar-refractivity contribution in [1.82, 2.24) is 4.90 Å². The van der Waals surface area contributed by atoms with Crippen LogP contribution in [0.15, 0.2) is 24.3 Å². The van der Waals surface area contributed by atoms with E-state index in [2.05, 4.69) is 18.8 Å². The summed E-state index contributed by atoms with van der Waals surface area (Å²) < 4.78 is 0. The molecule has 0 fully saturated rings. The summed E-state index contributed by atoms with van der Waals surface area (Å²) in [4.78, 5) is 14.0. The maximum Gasteiger partial charge on any atom is 0.254 e. The molecule has 0 heterocycles. The number of carbonyl (C=O) groups is 1. The van der Waals surface area contributed by atoms with Crippen molar-refractivity contribution in [3.63, 3.8) is 0 Å². The fourth-order valence-electron chi connectivity index (χ4n) is 1.69. The van der Waals surface area contributed by atoms with Crippen LogP contribution in [-0.2, 0) is 0 Å². The third kappa shape index (κ3) is 4.76. The summed E-state index contributed by atoms with van der Waals surface area (Å²) in [5.41, 5.74) is 1.36. The molecule has 102 valence electrons. The molecule has 0 spiro atoms. The number of nitrogens with zero attached hydrogens (tertiary/aromatic N) is 1. The van der Waals surface area contributed by atoms with Crippen molar-refractivity contribution >= 4 is 5.91 Å². The van der Waals surface area contributed by atoms with Crippen LogP contribution in [0, 0.1) is 11.8 Å². The first-order valence-electron chi connectivity index (χ1n) is 6.65. The summed E-state index contributed by atoms with van der Waals surface area (Å²) in [5.74, 6) is 5.81. The molecular weight excluding hydrogens is 238 g/mol. The average Bonchev–Trinajstić information content (AvgIpc) is 2.44. The van der Waals surface area contributed by atoms with Gasteiger partial charge in [0.05, 0.1) is 12.2 Å². The Balaban J connectivity index is 2.88. The lowest BCUT2D eigenvalue weighted by molar-refractivity contribution is 0.0793. The molecule has 0 aliphatic carbocycles. The van der Waals surface area contributed by atoms with E-state index in [1.54, 1.807) is 11.0 Å². The number of carbonyl (C=O) groups excluding carboxylic acids is 1. The van der Waals surface area contributed by atoms with E-state index in [0.717, 1.165) is 24.9 Å². The molecule has 0 atom stereocenters. The maximum absolute atomic E-state index is 12.3. The molecule has 1 aromatic carbocycles. The zero-order valence-corrected chi connectivity index (χ0v) is 11.6. The second-order valence-electron chi connectivity index (χ2n) is 4.40. The topological polar surface area (TPSA) is 40.5 Å². The molecule has 0 saturated carbocycles. The molecule has 3 nitrogen and oxygen atoms in total. The van der Waals surface area contributed by atoms with Crippen LogP contribution in [0.4, 0.5) is 0 Å². The van der Waals surface area contributed by atoms with Crippen LogP contribution < -0.4 is 0 Å². The van der Waals surface area contributed by atoms with Gasteiger partial charge in [-0.25, -0.2) is 0 Å². The highest BCUT2D eigenvalue weighted by Gasteiger charge is 2.13. The molecule has 1 rings (SSSR count). The molecule has 1 amide bonds. The monoisotopic (exact) mass is 259 g/mol. The van der Waals surface area contributed by atoms with Gasteiger partial charge in [0, 0.05) is 25.6 Å². The Bertz CT molecular complexity index is 471. The van der Waals surface area contributed by atoms with Crippen molar-refractivity contribution in [2.45, 2.75) is 26.2 Å². The summed E-state index contributed by atoms with van der Waals surface area (Å²) in [6, 6.07) is 7.35. The number of rotatable bonds is 5. The van der Waals surface area contributed by atoms with Gasteiger partial charge in [-0.05, 0) is 18.6 Å². The van der Waals surface area contributed by atoms with Crippen molar-refractivity contribution in [3.8, 4) is 11.8 Å². The number of aliphatic hydroxyl groups is 1. The molecule has 1 aromatic rings.